The Morgan fingerprint density at radius 2 is 2.00 bits per heavy atom. The molecular weight excluding hydrogens is 669 g/mol. The second-order valence-corrected chi connectivity index (χ2v) is 9.71. The number of hydrogen-bond donors (Lipinski definition) is 2. The van der Waals surface area contributed by atoms with Gasteiger partial charge in [-0.15, -0.1) is 0 Å². The number of hydrogen-bond acceptors (Lipinski definition) is 5. The van der Waals surface area contributed by atoms with Gasteiger partial charge in [-0.3, -0.25) is 9.88 Å². The average molecular weight is 711 g/mol. The molecule has 2 unspecified atom stereocenters. The molecule has 2 fully saturated rings. The third-order valence-corrected chi connectivity index (χ3v) is 7.22. The molecule has 2 aliphatic heterocycles. The Kier molecular flexibility index (Phi) is 13.2. The summed E-state index contributed by atoms with van der Waals surface area (Å²) in [5.74, 6) is 1.92. The van der Waals surface area contributed by atoms with Crippen LogP contribution in [0.15, 0.2) is 30.5 Å². The van der Waals surface area contributed by atoms with E-state index >= 15 is 0 Å². The number of rotatable bonds is 9. The molecule has 2 aromatic heterocycles. The Hall–Kier alpha value is -1.04. The second kappa shape index (κ2) is 15.3. The molecule has 3 aliphatic rings. The number of halogens is 1. The maximum atomic E-state index is 14.9. The van der Waals surface area contributed by atoms with Gasteiger partial charge in [-0.2, -0.15) is 0 Å². The molecule has 2 aromatic rings. The number of alkyl halides is 1. The van der Waals surface area contributed by atoms with Gasteiger partial charge in [0.15, 0.2) is 0 Å². The normalized spacial score (nSPS) is 19.8. The number of aliphatic hydroxyl groups is 1. The van der Waals surface area contributed by atoms with Crippen LogP contribution >= 0.6 is 0 Å². The Morgan fingerprint density at radius 3 is 2.80 bits per heavy atom. The van der Waals surface area contributed by atoms with Crippen LogP contribution in [0.1, 0.15) is 73.4 Å². The van der Waals surface area contributed by atoms with E-state index in [9.17, 15) is 4.39 Å². The van der Waals surface area contributed by atoms with Crippen LogP contribution in [-0.4, -0.2) is 58.4 Å². The van der Waals surface area contributed by atoms with Crippen LogP contribution in [0.4, 0.5) is 10.2 Å². The van der Waals surface area contributed by atoms with Crippen molar-refractivity contribution in [2.45, 2.75) is 76.4 Å². The molecule has 0 radical (unpaired) electrons. The van der Waals surface area contributed by atoms with Gasteiger partial charge in [0.1, 0.15) is 12.0 Å². The number of unbranched alkanes of at least 4 members (excludes halogenated alkanes) is 1. The number of fused-ring (bicyclic) bond motifs is 1. The third kappa shape index (κ3) is 8.50. The zero-order valence-electron chi connectivity index (χ0n) is 21.0. The summed E-state index contributed by atoms with van der Waals surface area (Å²) in [5, 5.41) is 10.4. The summed E-state index contributed by atoms with van der Waals surface area (Å²) in [6.45, 7) is 3.85. The van der Waals surface area contributed by atoms with E-state index in [-0.39, 0.29) is 42.5 Å². The van der Waals surface area contributed by atoms with Crippen molar-refractivity contribution in [2.75, 3.05) is 32.1 Å². The van der Waals surface area contributed by atoms with E-state index in [4.69, 9.17) is 10.1 Å². The average Bonchev–Trinajstić information content (AvgIpc) is 3.61. The predicted molar refractivity (Wildman–Crippen MR) is 135 cm³/mol. The summed E-state index contributed by atoms with van der Waals surface area (Å²) in [6, 6.07) is 8.62. The molecule has 6 nitrogen and oxygen atoms in total. The molecular formula is C27H41FN4O2U. The number of aliphatic hydroxyl groups excluding tert-OH is 1. The van der Waals surface area contributed by atoms with Crippen molar-refractivity contribution in [1.29, 1.82) is 0 Å². The molecule has 0 bridgehead atoms. The van der Waals surface area contributed by atoms with E-state index in [1.165, 1.54) is 36.1 Å². The summed E-state index contributed by atoms with van der Waals surface area (Å²) in [7, 11) is 1.00. The van der Waals surface area contributed by atoms with Crippen LogP contribution in [0, 0.1) is 37.0 Å². The fourth-order valence-electron chi connectivity index (χ4n) is 5.24. The van der Waals surface area contributed by atoms with Crippen LogP contribution in [0.25, 0.3) is 0 Å². The largest absolute Gasteiger partial charge is 0.412 e. The van der Waals surface area contributed by atoms with Crippen molar-refractivity contribution in [1.82, 2.24) is 14.9 Å². The van der Waals surface area contributed by atoms with Crippen molar-refractivity contribution in [3.8, 4) is 0 Å². The summed E-state index contributed by atoms with van der Waals surface area (Å²) in [5.41, 5.74) is 5.11. The van der Waals surface area contributed by atoms with E-state index in [2.05, 4.69) is 33.4 Å². The zero-order chi connectivity index (χ0) is 23.0. The molecule has 2 atom stereocenters. The van der Waals surface area contributed by atoms with Crippen molar-refractivity contribution in [3.05, 3.63) is 53.0 Å². The maximum absolute atomic E-state index is 14.9. The third-order valence-electron chi connectivity index (χ3n) is 7.22. The number of pyridine rings is 2. The van der Waals surface area contributed by atoms with Crippen molar-refractivity contribution in [3.63, 3.8) is 0 Å². The van der Waals surface area contributed by atoms with Gasteiger partial charge >= 0.3 is 0 Å². The zero-order valence-corrected chi connectivity index (χ0v) is 25.1. The summed E-state index contributed by atoms with van der Waals surface area (Å²) < 4.78 is 14.9. The smallest absolute Gasteiger partial charge is 0.129 e. The number of likely N-dealkylation sites (tertiary alicyclic amines) is 1. The van der Waals surface area contributed by atoms with Gasteiger partial charge < -0.3 is 15.9 Å². The molecule has 8 heteroatoms. The quantitative estimate of drug-likeness (QED) is 0.384. The van der Waals surface area contributed by atoms with Gasteiger partial charge in [0.05, 0.1) is 0 Å². The molecule has 1 aliphatic carbocycles. The van der Waals surface area contributed by atoms with E-state index in [0.717, 1.165) is 76.9 Å². The molecule has 4 heterocycles. The molecule has 0 spiro atoms. The minimum atomic E-state index is -0.681. The minimum Gasteiger partial charge on any atom is -0.412 e. The molecule has 1 saturated heterocycles. The number of aryl methyl sites for hydroxylation is 2. The van der Waals surface area contributed by atoms with Gasteiger partial charge in [-0.25, -0.2) is 9.37 Å². The first-order chi connectivity index (χ1) is 16.3. The fourth-order valence-corrected chi connectivity index (χ4v) is 5.24. The van der Waals surface area contributed by atoms with Crippen LogP contribution in [0.5, 0.6) is 0 Å². The van der Waals surface area contributed by atoms with Crippen molar-refractivity contribution < 1.29 is 46.1 Å². The summed E-state index contributed by atoms with van der Waals surface area (Å²) in [6.07, 6.45) is 10.7. The summed E-state index contributed by atoms with van der Waals surface area (Å²) >= 11 is 0. The first-order valence-electron chi connectivity index (χ1n) is 12.7. The monoisotopic (exact) mass is 710 g/mol. The number of anilines is 1. The summed E-state index contributed by atoms with van der Waals surface area (Å²) in [4.78, 5) is 11.8. The van der Waals surface area contributed by atoms with E-state index < -0.39 is 6.17 Å². The standard InChI is InChI=1S/C26H35FN4.CH4O.H2O.U/c27-24(8-2-1-7-23-12-11-20-5-3-15-29-26(20)30-23)21-13-16-31(17-21)18-22-6-4-14-28-25(22)19-9-10-19;1-2;;/h4,6,11-12,14,19,21,24H,1-3,5,7-10,13,15-18H2,(H,29,30);2H,1H3;1H2;. The molecule has 1 saturated carbocycles. The molecule has 0 aromatic carbocycles. The Morgan fingerprint density at radius 1 is 1.17 bits per heavy atom. The molecule has 35 heavy (non-hydrogen) atoms. The first-order valence-corrected chi connectivity index (χ1v) is 12.7. The van der Waals surface area contributed by atoms with Gasteiger partial charge in [-0.1, -0.05) is 18.6 Å². The Balaban J connectivity index is 0.00000105. The van der Waals surface area contributed by atoms with Crippen LogP contribution < -0.4 is 5.32 Å². The Labute approximate surface area is 233 Å². The van der Waals surface area contributed by atoms with Gasteiger partial charge in [0, 0.05) is 87.3 Å². The van der Waals surface area contributed by atoms with Crippen LogP contribution in [-0.2, 0) is 19.4 Å². The minimum absolute atomic E-state index is 0. The van der Waals surface area contributed by atoms with E-state index in [1.807, 2.05) is 12.3 Å². The predicted octanol–water partition coefficient (Wildman–Crippen LogP) is 4.07. The second-order valence-electron chi connectivity index (χ2n) is 9.71. The van der Waals surface area contributed by atoms with E-state index in [1.54, 1.807) is 0 Å². The van der Waals surface area contributed by atoms with Gasteiger partial charge in [0.2, 0.25) is 0 Å². The van der Waals surface area contributed by atoms with Crippen LogP contribution in [0.2, 0.25) is 0 Å². The molecule has 192 valence electrons. The molecule has 5 rings (SSSR count). The van der Waals surface area contributed by atoms with E-state index in [0.29, 0.717) is 12.3 Å². The molecule has 0 amide bonds. The van der Waals surface area contributed by atoms with Gasteiger partial charge in [-0.05, 0) is 81.2 Å². The fraction of sp³-hybridized carbons (Fsp3) is 0.630. The number of nitrogens with zero attached hydrogens (tertiary/aromatic N) is 3. The molecule has 4 N–H and O–H groups in total. The number of nitrogens with one attached hydrogen (secondary N) is 1. The van der Waals surface area contributed by atoms with Crippen molar-refractivity contribution in [2.24, 2.45) is 5.92 Å². The number of aromatic nitrogens is 2. The first kappa shape index (κ1) is 30.2. The topological polar surface area (TPSA) is 92.8 Å². The Bertz CT molecular complexity index is 899. The maximum Gasteiger partial charge on any atom is 0.129 e. The van der Waals surface area contributed by atoms with Gasteiger partial charge in [0.25, 0.3) is 0 Å². The van der Waals surface area contributed by atoms with Crippen molar-refractivity contribution >= 4 is 5.82 Å². The van der Waals surface area contributed by atoms with Crippen LogP contribution in [0.3, 0.4) is 0 Å². The SMILES string of the molecule is CO.FC(CCCCc1ccc2c(n1)NCCC2)C1CCN(Cc2cccnc2C2CC2)C1.O.[U].